The van der Waals surface area contributed by atoms with E-state index in [0.717, 1.165) is 9.88 Å². The molecular weight excluding hydrogens is 220 g/mol. The molecule has 0 aliphatic heterocycles. The summed E-state index contributed by atoms with van der Waals surface area (Å²) in [5, 5.41) is 3.82. The molecule has 14 heavy (non-hydrogen) atoms. The van der Waals surface area contributed by atoms with Gasteiger partial charge in [0, 0.05) is 22.9 Å². The van der Waals surface area contributed by atoms with Crippen molar-refractivity contribution in [1.82, 2.24) is 10.3 Å². The second-order valence-electron chi connectivity index (χ2n) is 3.12. The SMILES string of the molecule is Cc1ncc(CNC(=O)C(C)CCl)s1. The first-order valence-corrected chi connectivity index (χ1v) is 5.73. The molecule has 0 fully saturated rings. The van der Waals surface area contributed by atoms with Gasteiger partial charge in [0.25, 0.3) is 0 Å². The first-order chi connectivity index (χ1) is 6.63. The molecule has 1 N–H and O–H groups in total. The van der Waals surface area contributed by atoms with Gasteiger partial charge in [-0.15, -0.1) is 22.9 Å². The van der Waals surface area contributed by atoms with Crippen LogP contribution >= 0.6 is 22.9 Å². The Kier molecular flexibility index (Phi) is 4.35. The smallest absolute Gasteiger partial charge is 0.224 e. The highest BCUT2D eigenvalue weighted by molar-refractivity contribution is 7.11. The quantitative estimate of drug-likeness (QED) is 0.807. The summed E-state index contributed by atoms with van der Waals surface area (Å²) >= 11 is 7.15. The third-order valence-corrected chi connectivity index (χ3v) is 3.16. The summed E-state index contributed by atoms with van der Waals surface area (Å²) in [6.45, 7) is 4.29. The molecule has 0 aliphatic carbocycles. The molecule has 1 heterocycles. The van der Waals surface area contributed by atoms with Crippen LogP contribution in [0.2, 0.25) is 0 Å². The standard InChI is InChI=1S/C9H13ClN2OS/c1-6(3-10)9(13)12-5-8-4-11-7(2)14-8/h4,6H,3,5H2,1-2H3,(H,12,13). The van der Waals surface area contributed by atoms with Gasteiger partial charge >= 0.3 is 0 Å². The van der Waals surface area contributed by atoms with Gasteiger partial charge in [0.05, 0.1) is 11.6 Å². The molecule has 0 bridgehead atoms. The number of alkyl halides is 1. The van der Waals surface area contributed by atoms with Gasteiger partial charge in [0.15, 0.2) is 0 Å². The van der Waals surface area contributed by atoms with Crippen LogP contribution in [0.3, 0.4) is 0 Å². The third kappa shape index (κ3) is 3.27. The molecule has 0 radical (unpaired) electrons. The number of thiazole rings is 1. The van der Waals surface area contributed by atoms with Crippen molar-refractivity contribution in [1.29, 1.82) is 0 Å². The van der Waals surface area contributed by atoms with E-state index in [9.17, 15) is 4.79 Å². The fourth-order valence-corrected chi connectivity index (χ4v) is 1.78. The predicted octanol–water partition coefficient (Wildman–Crippen LogP) is 1.94. The number of carbonyl (C=O) groups is 1. The van der Waals surface area contributed by atoms with Gasteiger partial charge in [-0.25, -0.2) is 4.98 Å². The highest BCUT2D eigenvalue weighted by Gasteiger charge is 2.10. The lowest BCUT2D eigenvalue weighted by Gasteiger charge is -2.07. The van der Waals surface area contributed by atoms with Crippen molar-refractivity contribution >= 4 is 28.8 Å². The maximum absolute atomic E-state index is 11.3. The fraction of sp³-hybridized carbons (Fsp3) is 0.556. The zero-order valence-corrected chi connectivity index (χ0v) is 9.78. The van der Waals surface area contributed by atoms with E-state index >= 15 is 0 Å². The van der Waals surface area contributed by atoms with Gasteiger partial charge in [-0.1, -0.05) is 6.92 Å². The van der Waals surface area contributed by atoms with Crippen LogP contribution in [0, 0.1) is 12.8 Å². The molecule has 5 heteroatoms. The fourth-order valence-electron chi connectivity index (χ4n) is 0.906. The number of nitrogens with one attached hydrogen (secondary N) is 1. The Morgan fingerprint density at radius 2 is 2.50 bits per heavy atom. The van der Waals surface area contributed by atoms with Crippen molar-refractivity contribution in [2.45, 2.75) is 20.4 Å². The maximum atomic E-state index is 11.3. The van der Waals surface area contributed by atoms with Crippen LogP contribution in [0.4, 0.5) is 0 Å². The number of carbonyl (C=O) groups excluding carboxylic acids is 1. The Morgan fingerprint density at radius 3 is 3.00 bits per heavy atom. The van der Waals surface area contributed by atoms with E-state index in [-0.39, 0.29) is 11.8 Å². The minimum Gasteiger partial charge on any atom is -0.351 e. The highest BCUT2D eigenvalue weighted by Crippen LogP contribution is 2.11. The van der Waals surface area contributed by atoms with E-state index in [1.54, 1.807) is 24.5 Å². The highest BCUT2D eigenvalue weighted by atomic mass is 35.5. The summed E-state index contributed by atoms with van der Waals surface area (Å²) in [6, 6.07) is 0. The molecule has 0 aliphatic rings. The summed E-state index contributed by atoms with van der Waals surface area (Å²) in [4.78, 5) is 16.5. The Balaban J connectivity index is 2.37. The lowest BCUT2D eigenvalue weighted by molar-refractivity contribution is -0.124. The monoisotopic (exact) mass is 232 g/mol. The average Bonchev–Trinajstić information content (AvgIpc) is 2.59. The molecule has 0 saturated heterocycles. The molecule has 0 spiro atoms. The number of aromatic nitrogens is 1. The van der Waals surface area contributed by atoms with Crippen molar-refractivity contribution in [2.75, 3.05) is 5.88 Å². The van der Waals surface area contributed by atoms with Gasteiger partial charge in [0.2, 0.25) is 5.91 Å². The van der Waals surface area contributed by atoms with Crippen LogP contribution in [0.5, 0.6) is 0 Å². The molecule has 78 valence electrons. The number of rotatable bonds is 4. The zero-order chi connectivity index (χ0) is 10.6. The van der Waals surface area contributed by atoms with Crippen molar-refractivity contribution in [2.24, 2.45) is 5.92 Å². The third-order valence-electron chi connectivity index (χ3n) is 1.79. The minimum atomic E-state index is -0.134. The van der Waals surface area contributed by atoms with Crippen LogP contribution in [0.25, 0.3) is 0 Å². The Morgan fingerprint density at radius 1 is 1.79 bits per heavy atom. The minimum absolute atomic E-state index is 0.00828. The summed E-state index contributed by atoms with van der Waals surface area (Å²) in [5.74, 6) is 0.213. The maximum Gasteiger partial charge on any atom is 0.224 e. The van der Waals surface area contributed by atoms with Crippen molar-refractivity contribution in [3.8, 4) is 0 Å². The average molecular weight is 233 g/mol. The Hall–Kier alpha value is -0.610. The van der Waals surface area contributed by atoms with E-state index in [1.807, 2.05) is 6.92 Å². The van der Waals surface area contributed by atoms with Gasteiger partial charge < -0.3 is 5.32 Å². The number of halogens is 1. The number of amides is 1. The second-order valence-corrected chi connectivity index (χ2v) is 4.75. The lowest BCUT2D eigenvalue weighted by Crippen LogP contribution is -2.29. The zero-order valence-electron chi connectivity index (χ0n) is 8.21. The topological polar surface area (TPSA) is 42.0 Å². The van der Waals surface area contributed by atoms with Crippen LogP contribution in [0.15, 0.2) is 6.20 Å². The molecule has 0 saturated carbocycles. The Bertz CT molecular complexity index is 314. The van der Waals surface area contributed by atoms with Gasteiger partial charge in [-0.3, -0.25) is 4.79 Å². The number of hydrogen-bond donors (Lipinski definition) is 1. The second kappa shape index (κ2) is 5.32. The first-order valence-electron chi connectivity index (χ1n) is 4.38. The van der Waals surface area contributed by atoms with Gasteiger partial charge in [0.1, 0.15) is 0 Å². The molecule has 1 rings (SSSR count). The number of nitrogens with zero attached hydrogens (tertiary/aromatic N) is 1. The predicted molar refractivity (Wildman–Crippen MR) is 58.6 cm³/mol. The van der Waals surface area contributed by atoms with Crippen molar-refractivity contribution in [3.63, 3.8) is 0 Å². The lowest BCUT2D eigenvalue weighted by atomic mass is 10.2. The summed E-state index contributed by atoms with van der Waals surface area (Å²) < 4.78 is 0. The van der Waals surface area contributed by atoms with E-state index in [2.05, 4.69) is 10.3 Å². The van der Waals surface area contributed by atoms with E-state index in [1.165, 1.54) is 0 Å². The molecular formula is C9H13ClN2OS. The molecule has 0 aromatic carbocycles. The van der Waals surface area contributed by atoms with Gasteiger partial charge in [-0.05, 0) is 6.92 Å². The summed E-state index contributed by atoms with van der Waals surface area (Å²) in [6.07, 6.45) is 1.78. The molecule has 1 aromatic rings. The molecule has 1 aromatic heterocycles. The summed E-state index contributed by atoms with van der Waals surface area (Å²) in [7, 11) is 0. The van der Waals surface area contributed by atoms with Gasteiger partial charge in [-0.2, -0.15) is 0 Å². The van der Waals surface area contributed by atoms with Crippen LogP contribution < -0.4 is 5.32 Å². The van der Waals surface area contributed by atoms with E-state index in [4.69, 9.17) is 11.6 Å². The number of aryl methyl sites for hydroxylation is 1. The summed E-state index contributed by atoms with van der Waals surface area (Å²) in [5.41, 5.74) is 0. The molecule has 1 atom stereocenters. The van der Waals surface area contributed by atoms with Crippen LogP contribution in [-0.2, 0) is 11.3 Å². The van der Waals surface area contributed by atoms with Crippen LogP contribution in [0.1, 0.15) is 16.8 Å². The van der Waals surface area contributed by atoms with E-state index in [0.29, 0.717) is 12.4 Å². The molecule has 3 nitrogen and oxygen atoms in total. The van der Waals surface area contributed by atoms with Crippen molar-refractivity contribution < 1.29 is 4.79 Å². The normalized spacial score (nSPS) is 12.5. The Labute approximate surface area is 92.5 Å². The number of hydrogen-bond acceptors (Lipinski definition) is 3. The molecule has 1 amide bonds. The molecule has 1 unspecified atom stereocenters. The van der Waals surface area contributed by atoms with E-state index < -0.39 is 0 Å². The first kappa shape index (κ1) is 11.5. The largest absolute Gasteiger partial charge is 0.351 e. The van der Waals surface area contributed by atoms with Crippen molar-refractivity contribution in [3.05, 3.63) is 16.1 Å². The van der Waals surface area contributed by atoms with Crippen LogP contribution in [-0.4, -0.2) is 16.8 Å².